The van der Waals surface area contributed by atoms with Crippen LogP contribution in [0.5, 0.6) is 11.5 Å². The number of likely N-dealkylation sites (N-methyl/N-ethyl adjacent to an activating group) is 2. The second-order valence-electron chi connectivity index (χ2n) is 15.4. The number of nitrogens with zero attached hydrogens (tertiary/aromatic N) is 6. The first-order chi connectivity index (χ1) is 26.7. The molecular formula is C42H52ClN7O5. The molecular weight excluding hydrogens is 718 g/mol. The first-order valence-electron chi connectivity index (χ1n) is 19.4. The topological polar surface area (TPSA) is 123 Å². The van der Waals surface area contributed by atoms with E-state index in [9.17, 15) is 15.1 Å². The number of carbonyl (C=O) groups excluding carboxylic acids is 2. The maximum atomic E-state index is 14.2. The van der Waals surface area contributed by atoms with Crippen LogP contribution in [0.15, 0.2) is 54.6 Å². The number of benzene rings is 3. The van der Waals surface area contributed by atoms with Crippen LogP contribution in [0.4, 0.5) is 11.4 Å². The zero-order valence-corrected chi connectivity index (χ0v) is 33.1. The van der Waals surface area contributed by atoms with Gasteiger partial charge < -0.3 is 44.7 Å². The van der Waals surface area contributed by atoms with E-state index < -0.39 is 11.2 Å². The molecule has 12 nitrogen and oxygen atoms in total. The van der Waals surface area contributed by atoms with Crippen LogP contribution in [-0.2, 0) is 14.9 Å². The van der Waals surface area contributed by atoms with E-state index in [0.29, 0.717) is 90.3 Å². The molecule has 0 radical (unpaired) electrons. The van der Waals surface area contributed by atoms with Crippen molar-refractivity contribution in [2.45, 2.75) is 43.2 Å². The van der Waals surface area contributed by atoms with E-state index in [1.165, 1.54) is 0 Å². The number of anilines is 2. The SMILES string of the molecule is CN(C)C1CN(c2ccc3c(c2)Oc2cc(N4CC(N(C)C)C4)ccc2C32C(=[N+]=[N-])C(=O)c3ccc(C(=O)NCCOCCOCCCCCCCl)cc32)C1. The number of alkyl halides is 1. The number of carbonyl (C=O) groups is 2. The third kappa shape index (κ3) is 7.51. The van der Waals surface area contributed by atoms with Crippen molar-refractivity contribution in [1.82, 2.24) is 15.1 Å². The Morgan fingerprint density at radius 1 is 0.818 bits per heavy atom. The molecule has 1 amide bonds. The number of halogens is 1. The molecule has 1 spiro atoms. The minimum atomic E-state index is -1.31. The Morgan fingerprint density at radius 3 is 1.96 bits per heavy atom. The molecule has 0 unspecified atom stereocenters. The van der Waals surface area contributed by atoms with E-state index in [0.717, 1.165) is 63.2 Å². The molecule has 7 rings (SSSR count). The fourth-order valence-corrected chi connectivity index (χ4v) is 8.24. The highest BCUT2D eigenvalue weighted by molar-refractivity contribution is 6.52. The maximum Gasteiger partial charge on any atom is 0.358 e. The number of fused-ring (bicyclic) bond motifs is 6. The molecule has 3 aromatic rings. The van der Waals surface area contributed by atoms with Crippen LogP contribution in [0.25, 0.3) is 5.53 Å². The Balaban J connectivity index is 1.15. The summed E-state index contributed by atoms with van der Waals surface area (Å²) >= 11 is 5.73. The van der Waals surface area contributed by atoms with Crippen molar-refractivity contribution < 1.29 is 28.6 Å². The summed E-state index contributed by atoms with van der Waals surface area (Å²) in [5.41, 5.74) is 14.1. The van der Waals surface area contributed by atoms with Crippen molar-refractivity contribution in [2.24, 2.45) is 0 Å². The Hall–Kier alpha value is -4.29. The van der Waals surface area contributed by atoms with E-state index in [4.69, 9.17) is 25.8 Å². The summed E-state index contributed by atoms with van der Waals surface area (Å²) in [5.74, 6) is 1.17. The van der Waals surface area contributed by atoms with E-state index in [2.05, 4.69) is 57.9 Å². The van der Waals surface area contributed by atoms with E-state index in [1.807, 2.05) is 36.4 Å². The van der Waals surface area contributed by atoms with Crippen LogP contribution < -0.4 is 19.9 Å². The molecule has 292 valence electrons. The van der Waals surface area contributed by atoms with E-state index in [-0.39, 0.29) is 11.6 Å². The van der Waals surface area contributed by atoms with Crippen molar-refractivity contribution in [1.29, 1.82) is 0 Å². The smallest absolute Gasteiger partial charge is 0.358 e. The van der Waals surface area contributed by atoms with Gasteiger partial charge in [0.15, 0.2) is 5.41 Å². The number of hydrogen-bond donors (Lipinski definition) is 1. The average molecular weight is 770 g/mol. The predicted molar refractivity (Wildman–Crippen MR) is 215 cm³/mol. The first kappa shape index (κ1) is 39.0. The predicted octanol–water partition coefficient (Wildman–Crippen LogP) is 5.06. The van der Waals surface area contributed by atoms with Crippen LogP contribution in [0.2, 0.25) is 0 Å². The summed E-state index contributed by atoms with van der Waals surface area (Å²) < 4.78 is 18.1. The lowest BCUT2D eigenvalue weighted by atomic mass is 9.67. The molecule has 2 saturated heterocycles. The number of amides is 1. The first-order valence-corrected chi connectivity index (χ1v) is 19.9. The van der Waals surface area contributed by atoms with Gasteiger partial charge >= 0.3 is 5.71 Å². The highest BCUT2D eigenvalue weighted by Gasteiger charge is 2.62. The minimum absolute atomic E-state index is 0.0227. The molecule has 0 aromatic heterocycles. The number of rotatable bonds is 17. The normalized spacial score (nSPS) is 17.1. The summed E-state index contributed by atoms with van der Waals surface area (Å²) in [6.45, 7) is 5.82. The van der Waals surface area contributed by atoms with Gasteiger partial charge in [0, 0.05) is 103 Å². The quantitative estimate of drug-likeness (QED) is 0.0870. The van der Waals surface area contributed by atoms with Gasteiger partial charge in [0.25, 0.3) is 11.7 Å². The number of unbranched alkanes of at least 4 members (excludes halogenated alkanes) is 3. The molecule has 3 heterocycles. The van der Waals surface area contributed by atoms with Gasteiger partial charge in [-0.2, -0.15) is 4.79 Å². The summed E-state index contributed by atoms with van der Waals surface area (Å²) in [5, 5.41) is 2.95. The second kappa shape index (κ2) is 16.8. The van der Waals surface area contributed by atoms with Gasteiger partial charge in [0.1, 0.15) is 11.5 Å². The van der Waals surface area contributed by atoms with Gasteiger partial charge in [-0.05, 0) is 76.9 Å². The Morgan fingerprint density at radius 2 is 1.40 bits per heavy atom. The molecule has 13 heteroatoms. The number of Topliss-reactive ketones (excluding diaryl/α,β-unsaturated/α-hetero) is 1. The fourth-order valence-electron chi connectivity index (χ4n) is 8.05. The van der Waals surface area contributed by atoms with Gasteiger partial charge in [-0.1, -0.05) is 25.0 Å². The highest BCUT2D eigenvalue weighted by atomic mass is 35.5. The zero-order chi connectivity index (χ0) is 38.7. The van der Waals surface area contributed by atoms with Gasteiger partial charge in [0.2, 0.25) is 0 Å². The molecule has 1 N–H and O–H groups in total. The number of hydrogen-bond acceptors (Lipinski definition) is 9. The molecule has 0 atom stereocenters. The van der Waals surface area contributed by atoms with E-state index in [1.54, 1.807) is 18.2 Å². The van der Waals surface area contributed by atoms with Crippen LogP contribution in [0.3, 0.4) is 0 Å². The molecule has 3 aromatic carbocycles. The van der Waals surface area contributed by atoms with Crippen LogP contribution in [0.1, 0.15) is 63.1 Å². The van der Waals surface area contributed by atoms with Gasteiger partial charge in [0.05, 0.1) is 19.8 Å². The Kier molecular flexibility index (Phi) is 11.9. The van der Waals surface area contributed by atoms with Crippen LogP contribution in [0, 0.1) is 0 Å². The second-order valence-corrected chi connectivity index (χ2v) is 15.8. The Labute approximate surface area is 328 Å². The number of nitrogens with one attached hydrogen (secondary N) is 1. The van der Waals surface area contributed by atoms with Crippen molar-refractivity contribution in [3.05, 3.63) is 87.9 Å². The fraction of sp³-hybridized carbons (Fsp3) is 0.500. The van der Waals surface area contributed by atoms with Crippen molar-refractivity contribution in [3.63, 3.8) is 0 Å². The highest BCUT2D eigenvalue weighted by Crippen LogP contribution is 2.57. The summed E-state index contributed by atoms with van der Waals surface area (Å²) in [6, 6.07) is 18.1. The molecule has 0 bridgehead atoms. The van der Waals surface area contributed by atoms with Crippen LogP contribution in [-0.4, -0.2) is 137 Å². The maximum absolute atomic E-state index is 14.2. The van der Waals surface area contributed by atoms with E-state index >= 15 is 0 Å². The lowest BCUT2D eigenvalue weighted by Gasteiger charge is -2.45. The van der Waals surface area contributed by atoms with Gasteiger partial charge in [-0.25, -0.2) is 0 Å². The minimum Gasteiger partial charge on any atom is -0.457 e. The third-order valence-corrected chi connectivity index (χ3v) is 11.8. The molecule has 0 saturated carbocycles. The molecule has 3 aliphatic heterocycles. The molecule has 55 heavy (non-hydrogen) atoms. The van der Waals surface area contributed by atoms with Crippen molar-refractivity contribution in [2.75, 3.05) is 103 Å². The molecule has 1 aliphatic carbocycles. The largest absolute Gasteiger partial charge is 0.457 e. The number of ketones is 1. The van der Waals surface area contributed by atoms with Crippen molar-refractivity contribution >= 4 is 40.4 Å². The summed E-state index contributed by atoms with van der Waals surface area (Å²) in [4.78, 5) is 40.5. The lowest BCUT2D eigenvalue weighted by Crippen LogP contribution is -2.57. The number of ether oxygens (including phenoxy) is 3. The van der Waals surface area contributed by atoms with Crippen LogP contribution >= 0.6 is 11.6 Å². The lowest BCUT2D eigenvalue weighted by molar-refractivity contribution is -0.0118. The average Bonchev–Trinajstić information content (AvgIpc) is 3.37. The monoisotopic (exact) mass is 769 g/mol. The summed E-state index contributed by atoms with van der Waals surface area (Å²) in [7, 11) is 8.36. The zero-order valence-electron chi connectivity index (χ0n) is 32.4. The van der Waals surface area contributed by atoms with Gasteiger partial charge in [-0.15, -0.1) is 11.6 Å². The summed E-state index contributed by atoms with van der Waals surface area (Å²) in [6.07, 6.45) is 4.26. The van der Waals surface area contributed by atoms with Gasteiger partial charge in [-0.3, -0.25) is 9.59 Å². The molecule has 4 aliphatic rings. The molecule has 2 fully saturated rings. The third-order valence-electron chi connectivity index (χ3n) is 11.6. The standard InChI is InChI=1S/C42H52ClN7O5/c1-47(2)31-24-49(25-31)29-10-13-34-37(22-29)55-38-23-30(50-26-32(27-50)48(3)4)11-14-35(38)42(34)36-21-28(9-12-33(36)39(51)40(42)46-44)41(52)45-16-18-54-20-19-53-17-8-6-5-7-15-43/h9-14,21-23,31-32H,5-8,15-20,24-27H2,1-4H3,(H,45,52). The van der Waals surface area contributed by atoms with Crippen molar-refractivity contribution in [3.8, 4) is 11.5 Å². The Bertz CT molecular complexity index is 1880.